The first-order valence-electron chi connectivity index (χ1n) is 3.18. The van der Waals surface area contributed by atoms with Gasteiger partial charge in [0.25, 0.3) is 6.43 Å². The minimum Gasteiger partial charge on any atom is -0.237 e. The van der Waals surface area contributed by atoms with E-state index in [0.717, 1.165) is 18.2 Å². The van der Waals surface area contributed by atoms with Crippen LogP contribution < -0.4 is 0 Å². The van der Waals surface area contributed by atoms with E-state index in [1.807, 2.05) is 0 Å². The van der Waals surface area contributed by atoms with Crippen LogP contribution in [0.5, 0.6) is 0 Å². The van der Waals surface area contributed by atoms with Crippen molar-refractivity contribution in [1.82, 2.24) is 0 Å². The molecule has 0 fully saturated rings. The van der Waals surface area contributed by atoms with Gasteiger partial charge in [0.15, 0.2) is 10.0 Å². The van der Waals surface area contributed by atoms with Gasteiger partial charge in [0.2, 0.25) is 0 Å². The summed E-state index contributed by atoms with van der Waals surface area (Å²) in [6, 6.07) is 3.04. The Bertz CT molecular complexity index is 343. The fourth-order valence-corrected chi connectivity index (χ4v) is 1.92. The molecule has 0 spiro atoms. The van der Waals surface area contributed by atoms with Crippen LogP contribution in [-0.2, 0) is 10.0 Å². The third kappa shape index (κ3) is 2.22. The SMILES string of the molecule is O=S(Cl)c1c(F)cccc1C(F)F. The fourth-order valence-electron chi connectivity index (χ4n) is 0.867. The van der Waals surface area contributed by atoms with Gasteiger partial charge in [-0.15, -0.1) is 0 Å². The molecule has 0 N–H and O–H groups in total. The second-order valence-electron chi connectivity index (χ2n) is 2.18. The summed E-state index contributed by atoms with van der Waals surface area (Å²) in [7, 11) is 2.80. The van der Waals surface area contributed by atoms with Crippen molar-refractivity contribution in [3.05, 3.63) is 29.6 Å². The molecule has 0 heterocycles. The Labute approximate surface area is 79.5 Å². The van der Waals surface area contributed by atoms with Gasteiger partial charge in [-0.05, 0) is 16.7 Å². The van der Waals surface area contributed by atoms with E-state index >= 15 is 0 Å². The van der Waals surface area contributed by atoms with E-state index in [4.69, 9.17) is 10.7 Å². The van der Waals surface area contributed by atoms with Crippen LogP contribution in [0.15, 0.2) is 23.1 Å². The summed E-state index contributed by atoms with van der Waals surface area (Å²) in [6.07, 6.45) is -2.88. The fraction of sp³-hybridized carbons (Fsp3) is 0.143. The van der Waals surface area contributed by atoms with Crippen molar-refractivity contribution in [3.63, 3.8) is 0 Å². The maximum absolute atomic E-state index is 12.9. The Morgan fingerprint density at radius 2 is 2.00 bits per heavy atom. The second-order valence-corrected chi connectivity index (χ2v) is 3.88. The number of rotatable bonds is 2. The van der Waals surface area contributed by atoms with Crippen LogP contribution in [0.3, 0.4) is 0 Å². The molecule has 0 aliphatic heterocycles. The average molecular weight is 229 g/mol. The molecule has 1 nitrogen and oxygen atoms in total. The third-order valence-corrected chi connectivity index (χ3v) is 2.61. The lowest BCUT2D eigenvalue weighted by Gasteiger charge is -2.04. The number of alkyl halides is 2. The molecule has 0 bridgehead atoms. The van der Waals surface area contributed by atoms with E-state index in [9.17, 15) is 17.4 Å². The maximum atomic E-state index is 12.9. The molecule has 72 valence electrons. The molecule has 6 heteroatoms. The highest BCUT2D eigenvalue weighted by Gasteiger charge is 2.19. The lowest BCUT2D eigenvalue weighted by Crippen LogP contribution is -1.97. The van der Waals surface area contributed by atoms with E-state index in [-0.39, 0.29) is 0 Å². The maximum Gasteiger partial charge on any atom is 0.265 e. The highest BCUT2D eigenvalue weighted by atomic mass is 35.7. The predicted molar refractivity (Wildman–Crippen MR) is 43.6 cm³/mol. The summed E-state index contributed by atoms with van der Waals surface area (Å²) < 4.78 is 48.0. The first kappa shape index (κ1) is 10.5. The van der Waals surface area contributed by atoms with Crippen molar-refractivity contribution < 1.29 is 17.4 Å². The molecule has 1 unspecified atom stereocenters. The molecule has 1 aromatic carbocycles. The van der Waals surface area contributed by atoms with Crippen molar-refractivity contribution >= 4 is 20.7 Å². The standard InChI is InChI=1S/C7H4ClF3OS/c8-13(12)6-4(7(10)11)2-1-3-5(6)9/h1-3,7H. The van der Waals surface area contributed by atoms with Gasteiger partial charge in [0, 0.05) is 5.56 Å². The summed E-state index contributed by atoms with van der Waals surface area (Å²) in [4.78, 5) is -0.640. The monoisotopic (exact) mass is 228 g/mol. The van der Waals surface area contributed by atoms with E-state index in [1.54, 1.807) is 0 Å². The molecule has 0 aliphatic rings. The normalized spacial score (nSPS) is 13.3. The molecular weight excluding hydrogens is 225 g/mol. The van der Waals surface area contributed by atoms with Crippen LogP contribution >= 0.6 is 10.7 Å². The zero-order chi connectivity index (χ0) is 10.0. The third-order valence-electron chi connectivity index (χ3n) is 1.39. The second kappa shape index (κ2) is 4.11. The van der Waals surface area contributed by atoms with E-state index < -0.39 is 32.7 Å². The molecule has 0 aliphatic carbocycles. The Kier molecular flexibility index (Phi) is 3.33. The van der Waals surface area contributed by atoms with Gasteiger partial charge in [-0.25, -0.2) is 17.4 Å². The summed E-state index contributed by atoms with van der Waals surface area (Å²) in [5, 5.41) is 0. The topological polar surface area (TPSA) is 17.1 Å². The van der Waals surface area contributed by atoms with Crippen LogP contribution in [0.1, 0.15) is 12.0 Å². The minimum atomic E-state index is -2.88. The first-order valence-corrected chi connectivity index (χ1v) is 5.16. The van der Waals surface area contributed by atoms with Crippen LogP contribution in [0.25, 0.3) is 0 Å². The molecule has 0 aromatic heterocycles. The highest BCUT2D eigenvalue weighted by molar-refractivity contribution is 8.08. The summed E-state index contributed by atoms with van der Waals surface area (Å²) in [6.45, 7) is 0. The molecule has 0 saturated heterocycles. The number of benzene rings is 1. The number of halogens is 4. The van der Waals surface area contributed by atoms with Crippen LogP contribution in [0.2, 0.25) is 0 Å². The van der Waals surface area contributed by atoms with Crippen molar-refractivity contribution in [3.8, 4) is 0 Å². The number of hydrogen-bond acceptors (Lipinski definition) is 1. The Balaban J connectivity index is 3.34. The Morgan fingerprint density at radius 3 is 2.38 bits per heavy atom. The smallest absolute Gasteiger partial charge is 0.237 e. The van der Waals surface area contributed by atoms with Crippen molar-refractivity contribution in [2.75, 3.05) is 0 Å². The first-order chi connectivity index (χ1) is 6.04. The van der Waals surface area contributed by atoms with Gasteiger partial charge >= 0.3 is 0 Å². The van der Waals surface area contributed by atoms with Crippen molar-refractivity contribution in [1.29, 1.82) is 0 Å². The van der Waals surface area contributed by atoms with Gasteiger partial charge in [-0.2, -0.15) is 0 Å². The number of hydrogen-bond donors (Lipinski definition) is 0. The molecule has 1 rings (SSSR count). The van der Waals surface area contributed by atoms with Crippen molar-refractivity contribution in [2.45, 2.75) is 11.3 Å². The average Bonchev–Trinajstić information content (AvgIpc) is 2.02. The summed E-state index contributed by atoms with van der Waals surface area (Å²) in [5.41, 5.74) is -0.631. The van der Waals surface area contributed by atoms with Gasteiger partial charge < -0.3 is 0 Å². The van der Waals surface area contributed by atoms with Crippen molar-refractivity contribution in [2.24, 2.45) is 0 Å². The van der Waals surface area contributed by atoms with Gasteiger partial charge in [-0.1, -0.05) is 12.1 Å². The van der Waals surface area contributed by atoms with E-state index in [2.05, 4.69) is 0 Å². The molecular formula is C7H4ClF3OS. The molecule has 0 radical (unpaired) electrons. The van der Waals surface area contributed by atoms with E-state index in [0.29, 0.717) is 0 Å². The Hall–Kier alpha value is -0.550. The van der Waals surface area contributed by atoms with Gasteiger partial charge in [0.05, 0.1) is 4.90 Å². The quantitative estimate of drug-likeness (QED) is 0.711. The van der Waals surface area contributed by atoms with Crippen LogP contribution in [-0.4, -0.2) is 4.21 Å². The molecule has 1 aromatic rings. The van der Waals surface area contributed by atoms with Gasteiger partial charge in [-0.3, -0.25) is 0 Å². The predicted octanol–water partition coefficient (Wildman–Crippen LogP) is 3.02. The van der Waals surface area contributed by atoms with Gasteiger partial charge in [0.1, 0.15) is 5.82 Å². The summed E-state index contributed by atoms with van der Waals surface area (Å²) in [5.74, 6) is -0.980. The van der Waals surface area contributed by atoms with Crippen LogP contribution in [0.4, 0.5) is 13.2 Å². The zero-order valence-corrected chi connectivity index (χ0v) is 7.71. The largest absolute Gasteiger partial charge is 0.265 e. The molecule has 13 heavy (non-hydrogen) atoms. The van der Waals surface area contributed by atoms with E-state index in [1.165, 1.54) is 0 Å². The lowest BCUT2D eigenvalue weighted by molar-refractivity contribution is 0.147. The highest BCUT2D eigenvalue weighted by Crippen LogP contribution is 2.28. The molecule has 1 atom stereocenters. The lowest BCUT2D eigenvalue weighted by atomic mass is 10.2. The summed E-state index contributed by atoms with van der Waals surface area (Å²) >= 11 is 0. The molecule has 0 saturated carbocycles. The van der Waals surface area contributed by atoms with Crippen LogP contribution in [0, 0.1) is 5.82 Å². The Morgan fingerprint density at radius 1 is 1.38 bits per heavy atom. The zero-order valence-electron chi connectivity index (χ0n) is 6.14. The minimum absolute atomic E-state index is 0.631. The molecule has 0 amide bonds.